The predicted octanol–water partition coefficient (Wildman–Crippen LogP) is 7.77. The highest BCUT2D eigenvalue weighted by molar-refractivity contribution is 8.14. The number of rotatable bonds is 16. The van der Waals surface area contributed by atoms with Gasteiger partial charge in [0.25, 0.3) is 11.8 Å². The second kappa shape index (κ2) is 18.8. The molecule has 0 saturated carbocycles. The molecule has 3 aromatic rings. The van der Waals surface area contributed by atoms with Crippen molar-refractivity contribution in [2.45, 2.75) is 26.3 Å². The number of nitrogens with zero attached hydrogens (tertiary/aromatic N) is 2. The van der Waals surface area contributed by atoms with Gasteiger partial charge in [0, 0.05) is 11.3 Å². The maximum atomic E-state index is 14.2. The predicted molar refractivity (Wildman–Crippen MR) is 203 cm³/mol. The number of allylic oxidation sites excluding steroid dienone is 5. The Balaban J connectivity index is 1.68. The van der Waals surface area contributed by atoms with Crippen molar-refractivity contribution in [2.75, 3.05) is 19.0 Å². The summed E-state index contributed by atoms with van der Waals surface area (Å²) in [6, 6.07) is 22.5. The number of nitrogens with one attached hydrogen (secondary N) is 1. The average molecular weight is 688 g/mol. The van der Waals surface area contributed by atoms with Gasteiger partial charge in [0.15, 0.2) is 16.7 Å². The molecule has 0 saturated heterocycles. The molecular weight excluding hydrogens is 647 g/mol. The van der Waals surface area contributed by atoms with Crippen molar-refractivity contribution >= 4 is 40.7 Å². The van der Waals surface area contributed by atoms with Gasteiger partial charge in [0.1, 0.15) is 12.2 Å². The lowest BCUT2D eigenvalue weighted by atomic mass is 9.99. The molecule has 3 amide bonds. The Hall–Kier alpha value is -5.67. The van der Waals surface area contributed by atoms with Crippen molar-refractivity contribution in [2.24, 2.45) is 4.99 Å². The van der Waals surface area contributed by atoms with Gasteiger partial charge in [-0.25, -0.2) is 0 Å². The van der Waals surface area contributed by atoms with Gasteiger partial charge >= 0.3 is 0 Å². The van der Waals surface area contributed by atoms with Gasteiger partial charge in [-0.15, -0.1) is 6.58 Å². The third-order valence-corrected chi connectivity index (χ3v) is 8.33. The summed E-state index contributed by atoms with van der Waals surface area (Å²) in [6.07, 6.45) is 12.0. The summed E-state index contributed by atoms with van der Waals surface area (Å²) in [5, 5.41) is 3.19. The van der Waals surface area contributed by atoms with Crippen LogP contribution in [0.5, 0.6) is 11.5 Å². The molecule has 4 rings (SSSR count). The number of hydrogen-bond donors (Lipinski definition) is 1. The zero-order chi connectivity index (χ0) is 35.9. The minimum Gasteiger partial charge on any atom is -0.490 e. The first-order chi connectivity index (χ1) is 24.3. The molecule has 1 aliphatic rings. The van der Waals surface area contributed by atoms with E-state index in [1.165, 1.54) is 11.0 Å². The van der Waals surface area contributed by atoms with Crippen molar-refractivity contribution in [1.29, 1.82) is 0 Å². The minimum absolute atomic E-state index is 0.0839. The van der Waals surface area contributed by atoms with Gasteiger partial charge in [0.2, 0.25) is 5.91 Å². The molecule has 0 fully saturated rings. The van der Waals surface area contributed by atoms with Crippen molar-refractivity contribution in [1.82, 2.24) is 10.2 Å². The Morgan fingerprint density at radius 2 is 1.66 bits per heavy atom. The lowest BCUT2D eigenvalue weighted by Gasteiger charge is -2.28. The largest absolute Gasteiger partial charge is 0.490 e. The highest BCUT2D eigenvalue weighted by Gasteiger charge is 2.35. The van der Waals surface area contributed by atoms with Crippen LogP contribution in [0.1, 0.15) is 42.1 Å². The van der Waals surface area contributed by atoms with Crippen LogP contribution in [0.2, 0.25) is 0 Å². The van der Waals surface area contributed by atoms with E-state index >= 15 is 0 Å². The molecule has 1 N–H and O–H groups in total. The van der Waals surface area contributed by atoms with Gasteiger partial charge in [0.05, 0.1) is 18.4 Å². The maximum absolute atomic E-state index is 14.2. The summed E-state index contributed by atoms with van der Waals surface area (Å²) in [5.41, 5.74) is 3.47. The maximum Gasteiger partial charge on any atom is 0.285 e. The summed E-state index contributed by atoms with van der Waals surface area (Å²) in [6.45, 7) is 15.6. The van der Waals surface area contributed by atoms with Gasteiger partial charge in [-0.1, -0.05) is 116 Å². The van der Waals surface area contributed by atoms with E-state index in [0.717, 1.165) is 28.5 Å². The number of thioether (sulfide) groups is 1. The van der Waals surface area contributed by atoms with Gasteiger partial charge < -0.3 is 14.8 Å². The summed E-state index contributed by atoms with van der Waals surface area (Å²) in [5.74, 6) is -0.694. The van der Waals surface area contributed by atoms with Crippen LogP contribution in [0.15, 0.2) is 145 Å². The molecule has 0 spiro atoms. The first-order valence-electron chi connectivity index (χ1n) is 16.2. The summed E-state index contributed by atoms with van der Waals surface area (Å²) in [4.78, 5) is 46.8. The van der Waals surface area contributed by atoms with Crippen LogP contribution in [0.3, 0.4) is 0 Å². The van der Waals surface area contributed by atoms with Crippen molar-refractivity contribution in [3.8, 4) is 11.5 Å². The smallest absolute Gasteiger partial charge is 0.285 e. The second-order valence-electron chi connectivity index (χ2n) is 10.8. The fourth-order valence-corrected chi connectivity index (χ4v) is 6.01. The quantitative estimate of drug-likeness (QED) is 0.0716. The molecule has 3 aromatic carbocycles. The highest BCUT2D eigenvalue weighted by atomic mass is 32.2. The number of hydrogen-bond acceptors (Lipinski definition) is 6. The molecule has 8 nitrogen and oxygen atoms in total. The Kier molecular flexibility index (Phi) is 13.9. The topological polar surface area (TPSA) is 97.3 Å². The summed E-state index contributed by atoms with van der Waals surface area (Å²) < 4.78 is 11.8. The molecule has 0 unspecified atom stereocenters. The van der Waals surface area contributed by atoms with Crippen LogP contribution in [0.4, 0.5) is 0 Å². The highest BCUT2D eigenvalue weighted by Crippen LogP contribution is 2.35. The Bertz CT molecular complexity index is 1800. The molecule has 9 heteroatoms. The molecule has 50 heavy (non-hydrogen) atoms. The zero-order valence-corrected chi connectivity index (χ0v) is 29.2. The number of amides is 3. The normalized spacial score (nSPS) is 14.1. The first-order valence-corrected chi connectivity index (χ1v) is 17.1. The van der Waals surface area contributed by atoms with Gasteiger partial charge in [-0.2, -0.15) is 4.99 Å². The Morgan fingerprint density at radius 1 is 0.980 bits per heavy atom. The average Bonchev–Trinajstić information content (AvgIpc) is 3.13. The van der Waals surface area contributed by atoms with Crippen LogP contribution in [-0.4, -0.2) is 46.8 Å². The number of aliphatic imine (C=N–C) groups is 1. The fraction of sp³-hybridized carbons (Fsp3) is 0.171. The number of carbonyl (C=O) groups is 3. The standard InChI is InChI=1S/C41H41N3O5S/c1-6-11-23-33(9-4)44-40(47)34(26-29-25-32(18-7-2)38(49-24-8-3)35(27-29)48-10-5)39(46)43-41(44)50-28-36(45)42-37(30-19-14-12-15-20-30)31-21-16-13-17-22-31/h6-9,11-17,19-23,25-27,37H,1-3,10,18,24,28H2,4-5H3,(H,42,45)/b23-11-,33-9+,34-26+. The molecule has 1 aliphatic heterocycles. The van der Waals surface area contributed by atoms with E-state index in [4.69, 9.17) is 9.47 Å². The van der Waals surface area contributed by atoms with Crippen molar-refractivity contribution in [3.63, 3.8) is 0 Å². The molecule has 0 radical (unpaired) electrons. The molecule has 0 bridgehead atoms. The Morgan fingerprint density at radius 3 is 2.24 bits per heavy atom. The van der Waals surface area contributed by atoms with Crippen molar-refractivity contribution < 1.29 is 23.9 Å². The first kappa shape index (κ1) is 37.2. The second-order valence-corrected chi connectivity index (χ2v) is 11.8. The molecular formula is C41H41N3O5S. The van der Waals surface area contributed by atoms with E-state index in [0.29, 0.717) is 35.8 Å². The number of ether oxygens (including phenoxy) is 2. The SMILES string of the molecule is C=C/C=C\C(=C/C)N1C(=O)/C(=C/c2cc(CC=C)c(OCC=C)c(OCC)c2)C(=O)N=C1SCC(=O)NC(c1ccccc1)c1ccccc1. The van der Waals surface area contributed by atoms with E-state index < -0.39 is 17.9 Å². The van der Waals surface area contributed by atoms with Crippen LogP contribution in [0.25, 0.3) is 6.08 Å². The molecule has 0 atom stereocenters. The fourth-order valence-electron chi connectivity index (χ4n) is 5.20. The minimum atomic E-state index is -0.723. The van der Waals surface area contributed by atoms with Crippen LogP contribution in [-0.2, 0) is 20.8 Å². The van der Waals surface area contributed by atoms with Crippen LogP contribution < -0.4 is 14.8 Å². The molecule has 0 aromatic heterocycles. The number of carbonyl (C=O) groups excluding carboxylic acids is 3. The third kappa shape index (κ3) is 9.48. The van der Waals surface area contributed by atoms with Crippen LogP contribution >= 0.6 is 11.8 Å². The molecule has 1 heterocycles. The zero-order valence-electron chi connectivity index (χ0n) is 28.3. The van der Waals surface area contributed by atoms with E-state index in [-0.39, 0.29) is 29.0 Å². The lowest BCUT2D eigenvalue weighted by molar-refractivity contribution is -0.126. The molecule has 0 aliphatic carbocycles. The third-order valence-electron chi connectivity index (χ3n) is 7.39. The van der Waals surface area contributed by atoms with E-state index in [1.807, 2.05) is 73.7 Å². The van der Waals surface area contributed by atoms with Gasteiger partial charge in [-0.3, -0.25) is 19.3 Å². The Labute approximate surface area is 298 Å². The van der Waals surface area contributed by atoms with Crippen LogP contribution in [0, 0.1) is 0 Å². The number of benzene rings is 3. The monoisotopic (exact) mass is 687 g/mol. The lowest BCUT2D eigenvalue weighted by Crippen LogP contribution is -2.42. The molecule has 256 valence electrons. The van der Waals surface area contributed by atoms with E-state index in [9.17, 15) is 14.4 Å². The number of amidine groups is 1. The van der Waals surface area contributed by atoms with E-state index in [2.05, 4.69) is 30.0 Å². The summed E-state index contributed by atoms with van der Waals surface area (Å²) >= 11 is 1.01. The van der Waals surface area contributed by atoms with Gasteiger partial charge in [-0.05, 0) is 61.2 Å². The van der Waals surface area contributed by atoms with E-state index in [1.54, 1.807) is 49.4 Å². The summed E-state index contributed by atoms with van der Waals surface area (Å²) in [7, 11) is 0. The van der Waals surface area contributed by atoms with Crippen molar-refractivity contribution in [3.05, 3.63) is 163 Å².